The third kappa shape index (κ3) is 3.37. The molecule has 1 aliphatic rings. The van der Waals surface area contributed by atoms with Gasteiger partial charge in [-0.1, -0.05) is 6.92 Å². The number of nitrogens with zero attached hydrogens (tertiary/aromatic N) is 1. The molecule has 1 N–H and O–H groups in total. The lowest BCUT2D eigenvalue weighted by atomic mass is 9.76. The first-order valence-electron chi connectivity index (χ1n) is 7.29. The molecule has 1 saturated carbocycles. The molecule has 0 aliphatic heterocycles. The van der Waals surface area contributed by atoms with Crippen LogP contribution >= 0.6 is 0 Å². The number of ketones is 1. The van der Waals surface area contributed by atoms with E-state index in [1.165, 1.54) is 6.20 Å². The van der Waals surface area contributed by atoms with E-state index in [0.29, 0.717) is 30.1 Å². The highest BCUT2D eigenvalue weighted by Crippen LogP contribution is 2.34. The number of aliphatic hydroxyl groups is 1. The van der Waals surface area contributed by atoms with Crippen molar-refractivity contribution < 1.29 is 14.6 Å². The molecule has 20 heavy (non-hydrogen) atoms. The van der Waals surface area contributed by atoms with Crippen molar-refractivity contribution in [2.45, 2.75) is 58.2 Å². The summed E-state index contributed by atoms with van der Waals surface area (Å²) in [7, 11) is 0. The van der Waals surface area contributed by atoms with Crippen molar-refractivity contribution in [3.05, 3.63) is 24.0 Å². The monoisotopic (exact) mass is 277 g/mol. The van der Waals surface area contributed by atoms with E-state index in [0.717, 1.165) is 12.8 Å². The van der Waals surface area contributed by atoms with Gasteiger partial charge in [0.15, 0.2) is 5.78 Å². The molecule has 1 heterocycles. The molecule has 0 bridgehead atoms. The standard InChI is InChI=1S/C16H23NO3/c1-11(2)20-14-8-13(9-17-10-14)15(18)16(19)6-4-12(3)5-7-16/h8-12,19H,4-7H2,1-3H3. The minimum Gasteiger partial charge on any atom is -0.489 e. The van der Waals surface area contributed by atoms with Crippen LogP contribution in [0.4, 0.5) is 0 Å². The van der Waals surface area contributed by atoms with E-state index in [1.54, 1.807) is 12.3 Å². The SMILES string of the molecule is CC1CCC(O)(C(=O)c2cncc(OC(C)C)c2)CC1. The van der Waals surface area contributed by atoms with Crippen LogP contribution in [0.2, 0.25) is 0 Å². The summed E-state index contributed by atoms with van der Waals surface area (Å²) in [5.41, 5.74) is -0.801. The fraction of sp³-hybridized carbons (Fsp3) is 0.625. The van der Waals surface area contributed by atoms with Crippen molar-refractivity contribution in [2.75, 3.05) is 0 Å². The quantitative estimate of drug-likeness (QED) is 0.859. The Kier molecular flexibility index (Phi) is 4.43. The van der Waals surface area contributed by atoms with Gasteiger partial charge in [0.25, 0.3) is 0 Å². The molecule has 110 valence electrons. The average Bonchev–Trinajstić information content (AvgIpc) is 2.41. The van der Waals surface area contributed by atoms with Gasteiger partial charge < -0.3 is 9.84 Å². The van der Waals surface area contributed by atoms with Gasteiger partial charge in [0.1, 0.15) is 11.4 Å². The third-order valence-electron chi connectivity index (χ3n) is 3.87. The summed E-state index contributed by atoms with van der Waals surface area (Å²) in [6.07, 6.45) is 5.95. The van der Waals surface area contributed by atoms with Crippen molar-refractivity contribution >= 4 is 5.78 Å². The van der Waals surface area contributed by atoms with Crippen LogP contribution in [0.15, 0.2) is 18.5 Å². The zero-order chi connectivity index (χ0) is 14.8. The van der Waals surface area contributed by atoms with Crippen molar-refractivity contribution in [3.63, 3.8) is 0 Å². The Morgan fingerprint density at radius 2 is 2.05 bits per heavy atom. The maximum atomic E-state index is 12.5. The van der Waals surface area contributed by atoms with E-state index >= 15 is 0 Å². The van der Waals surface area contributed by atoms with Gasteiger partial charge in [0, 0.05) is 11.8 Å². The molecule has 1 aliphatic carbocycles. The lowest BCUT2D eigenvalue weighted by Gasteiger charge is -2.33. The summed E-state index contributed by atoms with van der Waals surface area (Å²) in [4.78, 5) is 16.6. The van der Waals surface area contributed by atoms with Gasteiger partial charge in [-0.2, -0.15) is 0 Å². The van der Waals surface area contributed by atoms with Crippen LogP contribution < -0.4 is 4.74 Å². The number of Topliss-reactive ketones (excluding diaryl/α,β-unsaturated/α-hetero) is 1. The van der Waals surface area contributed by atoms with Crippen molar-refractivity contribution in [1.29, 1.82) is 0 Å². The number of aromatic nitrogens is 1. The summed E-state index contributed by atoms with van der Waals surface area (Å²) in [5, 5.41) is 10.6. The number of rotatable bonds is 4. The van der Waals surface area contributed by atoms with Gasteiger partial charge in [-0.05, 0) is 51.5 Å². The normalized spacial score (nSPS) is 26.6. The molecule has 1 fully saturated rings. The maximum absolute atomic E-state index is 12.5. The molecule has 0 amide bonds. The second-order valence-electron chi connectivity index (χ2n) is 6.12. The summed E-state index contributed by atoms with van der Waals surface area (Å²) < 4.78 is 5.55. The minimum absolute atomic E-state index is 0.0285. The predicted octanol–water partition coefficient (Wildman–Crippen LogP) is 2.99. The molecule has 2 rings (SSSR count). The second-order valence-corrected chi connectivity index (χ2v) is 6.12. The molecule has 0 atom stereocenters. The highest BCUT2D eigenvalue weighted by atomic mass is 16.5. The predicted molar refractivity (Wildman–Crippen MR) is 76.9 cm³/mol. The fourth-order valence-electron chi connectivity index (χ4n) is 2.62. The summed E-state index contributed by atoms with van der Waals surface area (Å²) in [6.45, 7) is 6.00. The molecule has 1 aromatic rings. The highest BCUT2D eigenvalue weighted by Gasteiger charge is 2.39. The van der Waals surface area contributed by atoms with Crippen LogP contribution in [0.3, 0.4) is 0 Å². The van der Waals surface area contributed by atoms with Crippen LogP contribution in [0.5, 0.6) is 5.75 Å². The van der Waals surface area contributed by atoms with E-state index in [1.807, 2.05) is 13.8 Å². The molecule has 1 aromatic heterocycles. The van der Waals surface area contributed by atoms with Gasteiger partial charge in [0.05, 0.1) is 12.3 Å². The molecule has 0 spiro atoms. The minimum atomic E-state index is -1.23. The smallest absolute Gasteiger partial charge is 0.196 e. The summed E-state index contributed by atoms with van der Waals surface area (Å²) in [5.74, 6) is 0.918. The topological polar surface area (TPSA) is 59.4 Å². The van der Waals surface area contributed by atoms with E-state index in [2.05, 4.69) is 11.9 Å². The third-order valence-corrected chi connectivity index (χ3v) is 3.87. The Labute approximate surface area is 120 Å². The van der Waals surface area contributed by atoms with Crippen molar-refractivity contribution in [2.24, 2.45) is 5.92 Å². The number of hydrogen-bond donors (Lipinski definition) is 1. The average molecular weight is 277 g/mol. The van der Waals surface area contributed by atoms with E-state index < -0.39 is 5.60 Å². The Balaban J connectivity index is 2.16. The number of ether oxygens (including phenoxy) is 1. The molecule has 4 heteroatoms. The molecule has 0 unspecified atom stereocenters. The van der Waals surface area contributed by atoms with Crippen LogP contribution in [-0.2, 0) is 0 Å². The van der Waals surface area contributed by atoms with Crippen LogP contribution in [0, 0.1) is 5.92 Å². The first-order chi connectivity index (χ1) is 9.40. The first-order valence-corrected chi connectivity index (χ1v) is 7.29. The van der Waals surface area contributed by atoms with Crippen LogP contribution in [0.25, 0.3) is 0 Å². The lowest BCUT2D eigenvalue weighted by molar-refractivity contribution is 0.00420. The highest BCUT2D eigenvalue weighted by molar-refractivity contribution is 6.02. The first kappa shape index (κ1) is 15.0. The zero-order valence-electron chi connectivity index (χ0n) is 12.4. The number of carbonyl (C=O) groups is 1. The number of carbonyl (C=O) groups excluding carboxylic acids is 1. The Morgan fingerprint density at radius 3 is 2.65 bits per heavy atom. The van der Waals surface area contributed by atoms with Gasteiger partial charge in [-0.3, -0.25) is 9.78 Å². The lowest BCUT2D eigenvalue weighted by Crippen LogP contribution is -2.42. The van der Waals surface area contributed by atoms with Gasteiger partial charge in [-0.25, -0.2) is 0 Å². The number of hydrogen-bond acceptors (Lipinski definition) is 4. The van der Waals surface area contributed by atoms with Crippen molar-refractivity contribution in [1.82, 2.24) is 4.98 Å². The Bertz CT molecular complexity index is 476. The van der Waals surface area contributed by atoms with Gasteiger partial charge in [-0.15, -0.1) is 0 Å². The van der Waals surface area contributed by atoms with Gasteiger partial charge in [0.2, 0.25) is 0 Å². The summed E-state index contributed by atoms with van der Waals surface area (Å²) in [6, 6.07) is 1.67. The molecule has 0 radical (unpaired) electrons. The Hall–Kier alpha value is -1.42. The maximum Gasteiger partial charge on any atom is 0.196 e. The molecular weight excluding hydrogens is 254 g/mol. The van der Waals surface area contributed by atoms with Crippen molar-refractivity contribution in [3.8, 4) is 5.75 Å². The van der Waals surface area contributed by atoms with Gasteiger partial charge >= 0.3 is 0 Å². The van der Waals surface area contributed by atoms with E-state index in [9.17, 15) is 9.90 Å². The summed E-state index contributed by atoms with van der Waals surface area (Å²) >= 11 is 0. The molecular formula is C16H23NO3. The zero-order valence-corrected chi connectivity index (χ0v) is 12.4. The second kappa shape index (κ2) is 5.92. The van der Waals surface area contributed by atoms with E-state index in [4.69, 9.17) is 4.74 Å². The van der Waals surface area contributed by atoms with Crippen LogP contribution in [0.1, 0.15) is 56.8 Å². The van der Waals surface area contributed by atoms with E-state index in [-0.39, 0.29) is 11.9 Å². The molecule has 4 nitrogen and oxygen atoms in total. The van der Waals surface area contributed by atoms with Crippen LogP contribution in [-0.4, -0.2) is 27.6 Å². The Morgan fingerprint density at radius 1 is 1.40 bits per heavy atom. The molecule has 0 saturated heterocycles. The number of pyridine rings is 1. The molecule has 0 aromatic carbocycles. The fourth-order valence-corrected chi connectivity index (χ4v) is 2.62. The largest absolute Gasteiger partial charge is 0.489 e.